The van der Waals surface area contributed by atoms with Crippen molar-refractivity contribution in [3.05, 3.63) is 120 Å². The Balaban J connectivity index is 0.000000182. The third kappa shape index (κ3) is 17.8. The van der Waals surface area contributed by atoms with Crippen molar-refractivity contribution in [3.8, 4) is 22.5 Å². The molecule has 0 saturated carbocycles. The fourth-order valence-electron chi connectivity index (χ4n) is 15.7. The van der Waals surface area contributed by atoms with Gasteiger partial charge in [0.05, 0.1) is 85.5 Å². The number of ether oxygens (including phenoxy) is 2. The minimum Gasteiger partial charge on any atom is -0.481 e. The van der Waals surface area contributed by atoms with Gasteiger partial charge in [0.1, 0.15) is 47.0 Å². The number of aliphatic carboxylic acids is 1. The van der Waals surface area contributed by atoms with Gasteiger partial charge in [-0.25, -0.2) is 34.7 Å². The molecule has 105 heavy (non-hydrogen) atoms. The molecule has 0 radical (unpaired) electrons. The van der Waals surface area contributed by atoms with E-state index in [2.05, 4.69) is 127 Å². The standard InChI is InChI=1S/C42H56N10O5.C28H34N8.C8H14O4/c1-24(2)36(45-26(5)53)40(54)51-17-7-10-34(51)39-44-23-32(48-39)29-11-13-30-28(21-29)12-14-35(46-30)50-19-15-27(16-20-50)31-22-43-38(47-31)33-9-8-18-52(33)41(55)37(25(3)4)49-42(56)57-6;1-3-22(29-11-1)27-31-16-24(34-27)18-9-13-36(14-10-18)26-8-6-19-15-20(5-7-21(19)33-26)25-17-32-28(35-25)23-4-2-12-30-23;1-5(2)6(8(10)11)4-7(9)12-3/h11-14,21-25,27,33-34,36-37H,7-10,15-20H2,1-6H3,(H,43,47)(H,44,48)(H,45,53)(H,49,56);5-8,15-18,22-23,29-30H,1-4,9-14H2,(H,31,34)(H,32,35);5-6H,4H2,1-3H3,(H,10,11)/t33-,34-,36-,37-;22-,23-;6-/m000/s1. The first-order chi connectivity index (χ1) is 50.7. The molecule has 7 atom stereocenters. The largest absolute Gasteiger partial charge is 0.481 e. The minimum absolute atomic E-state index is 0.0255. The van der Waals surface area contributed by atoms with Crippen LogP contribution in [0.15, 0.2) is 85.5 Å². The summed E-state index contributed by atoms with van der Waals surface area (Å²) in [5.74, 6) is 3.99. The lowest BCUT2D eigenvalue weighted by atomic mass is 9.93. The SMILES string of the molecule is COC(=O)C[C@H](C(=O)O)C(C)C.COC(=O)N[C@H](C(=O)N1CCC[C@H]1c1ncc(C2CCN(c3ccc4cc(-c5cnc([C@@H]6CCCN6C(=O)[C@@H](NC(C)=O)C(C)C)[nH]5)ccc4n3)CC2)[nH]1)C(C)C.c1cc2nc(N3CCC(c4cnc([C@@H]5CCCN5)[nH]4)CC3)ccc2cc1-c1cnc([C@@H]2CCCN2)[nH]1. The maximum atomic E-state index is 13.6. The van der Waals surface area contributed by atoms with Crippen molar-refractivity contribution in [1.29, 1.82) is 0 Å². The Hall–Kier alpha value is -9.76. The van der Waals surface area contributed by atoms with Crippen molar-refractivity contribution in [1.82, 2.24) is 80.9 Å². The molecule has 6 saturated heterocycles. The van der Waals surface area contributed by atoms with Gasteiger partial charge < -0.3 is 75.4 Å². The number of carboxylic acid groups (broad SMARTS) is 1. The second-order valence-electron chi connectivity index (χ2n) is 29.9. The van der Waals surface area contributed by atoms with Crippen LogP contribution in [0.25, 0.3) is 44.3 Å². The third-order valence-corrected chi connectivity index (χ3v) is 21.8. The van der Waals surface area contributed by atoms with E-state index in [1.807, 2.05) is 62.2 Å². The van der Waals surface area contributed by atoms with Crippen molar-refractivity contribution >= 4 is 69.2 Å². The van der Waals surface area contributed by atoms with Crippen LogP contribution >= 0.6 is 0 Å². The van der Waals surface area contributed by atoms with Gasteiger partial charge in [0.15, 0.2) is 0 Å². The number of esters is 1. The van der Waals surface area contributed by atoms with Crippen LogP contribution in [0.3, 0.4) is 0 Å². The van der Waals surface area contributed by atoms with Gasteiger partial charge in [0.25, 0.3) is 0 Å². The molecule has 6 aliphatic heterocycles. The lowest BCUT2D eigenvalue weighted by Crippen LogP contribution is -2.51. The van der Waals surface area contributed by atoms with Gasteiger partial charge in [0.2, 0.25) is 17.7 Å². The molecule has 9 N–H and O–H groups in total. The number of alkyl carbamates (subject to hydrolysis) is 1. The number of rotatable bonds is 20. The number of benzene rings is 2. The second-order valence-corrected chi connectivity index (χ2v) is 29.9. The highest BCUT2D eigenvalue weighted by atomic mass is 16.5. The van der Waals surface area contributed by atoms with Crippen LogP contribution in [0.5, 0.6) is 0 Å². The summed E-state index contributed by atoms with van der Waals surface area (Å²) in [7, 11) is 2.55. The Labute approximate surface area is 613 Å². The quantitative estimate of drug-likeness (QED) is 0.0320. The number of H-pyrrole nitrogens is 4. The number of methoxy groups -OCH3 is 2. The third-order valence-electron chi connectivity index (χ3n) is 21.8. The zero-order valence-electron chi connectivity index (χ0n) is 62.0. The number of fused-ring (bicyclic) bond motifs is 2. The first kappa shape index (κ1) is 74.9. The van der Waals surface area contributed by atoms with Crippen molar-refractivity contribution in [2.75, 3.05) is 76.4 Å². The molecule has 0 aliphatic carbocycles. The number of piperidine rings is 2. The Morgan fingerprint density at radius 2 is 0.962 bits per heavy atom. The number of amides is 4. The average molecular weight is 1440 g/mol. The highest BCUT2D eigenvalue weighted by Crippen LogP contribution is 2.38. The molecule has 2 aromatic carbocycles. The van der Waals surface area contributed by atoms with Crippen LogP contribution in [0.1, 0.15) is 203 Å². The molecular weight excluding hydrogens is 1330 g/mol. The number of carboxylic acids is 1. The monoisotopic (exact) mass is 1440 g/mol. The van der Waals surface area contributed by atoms with E-state index < -0.39 is 36.0 Å². The molecule has 14 rings (SSSR count). The maximum absolute atomic E-state index is 13.6. The van der Waals surface area contributed by atoms with E-state index in [1.54, 1.807) is 13.8 Å². The summed E-state index contributed by atoms with van der Waals surface area (Å²) in [6, 6.07) is 20.5. The molecule has 27 heteroatoms. The van der Waals surface area contributed by atoms with Gasteiger partial charge in [-0.15, -0.1) is 0 Å². The molecule has 6 aliphatic rings. The van der Waals surface area contributed by atoms with Gasteiger partial charge in [-0.05, 0) is 156 Å². The van der Waals surface area contributed by atoms with Crippen molar-refractivity contribution in [3.63, 3.8) is 0 Å². The Kier molecular flexibility index (Phi) is 24.3. The normalized spacial score (nSPS) is 20.3. The topological polar surface area (TPSA) is 343 Å². The summed E-state index contributed by atoms with van der Waals surface area (Å²) in [5.41, 5.74) is 8.44. The fraction of sp³-hybridized carbons (Fsp3) is 0.538. The van der Waals surface area contributed by atoms with E-state index in [0.29, 0.717) is 37.0 Å². The molecule has 4 amide bonds. The number of carbonyl (C=O) groups excluding carboxylic acids is 5. The average Bonchev–Trinajstić information content (AvgIpc) is 1.71. The van der Waals surface area contributed by atoms with Gasteiger partial charge in [-0.2, -0.15) is 0 Å². The summed E-state index contributed by atoms with van der Waals surface area (Å²) in [6.07, 6.45) is 19.4. The molecule has 0 unspecified atom stereocenters. The number of carbonyl (C=O) groups is 6. The van der Waals surface area contributed by atoms with Gasteiger partial charge in [-0.3, -0.25) is 24.0 Å². The number of aromatic amines is 4. The molecule has 560 valence electrons. The number of hydrogen-bond donors (Lipinski definition) is 9. The molecule has 27 nitrogen and oxygen atoms in total. The minimum atomic E-state index is -0.949. The van der Waals surface area contributed by atoms with E-state index in [-0.39, 0.29) is 54.0 Å². The molecule has 0 spiro atoms. The van der Waals surface area contributed by atoms with Gasteiger partial charge in [0, 0.05) is 104 Å². The zero-order valence-corrected chi connectivity index (χ0v) is 62.0. The van der Waals surface area contributed by atoms with Gasteiger partial charge in [-0.1, -0.05) is 53.7 Å². The predicted molar refractivity (Wildman–Crippen MR) is 401 cm³/mol. The summed E-state index contributed by atoms with van der Waals surface area (Å²) < 4.78 is 9.15. The van der Waals surface area contributed by atoms with E-state index >= 15 is 0 Å². The van der Waals surface area contributed by atoms with E-state index in [0.717, 1.165) is 182 Å². The molecule has 6 aromatic heterocycles. The van der Waals surface area contributed by atoms with Crippen LogP contribution < -0.4 is 31.1 Å². The smallest absolute Gasteiger partial charge is 0.407 e. The first-order valence-electron chi connectivity index (χ1n) is 37.7. The number of nitrogens with one attached hydrogen (secondary N) is 8. The van der Waals surface area contributed by atoms with Gasteiger partial charge >= 0.3 is 18.0 Å². The summed E-state index contributed by atoms with van der Waals surface area (Å²) in [6.45, 7) is 19.9. The Morgan fingerprint density at radius 1 is 0.514 bits per heavy atom. The lowest BCUT2D eigenvalue weighted by molar-refractivity contribution is -0.151. The van der Waals surface area contributed by atoms with Crippen LogP contribution in [0, 0.1) is 23.7 Å². The van der Waals surface area contributed by atoms with Crippen LogP contribution in [-0.2, 0) is 33.4 Å². The van der Waals surface area contributed by atoms with Crippen molar-refractivity contribution < 1.29 is 43.3 Å². The van der Waals surface area contributed by atoms with Crippen LogP contribution in [0.2, 0.25) is 0 Å². The Morgan fingerprint density at radius 3 is 1.41 bits per heavy atom. The molecule has 12 heterocycles. The number of likely N-dealkylation sites (tertiary alicyclic amines) is 2. The van der Waals surface area contributed by atoms with E-state index in [1.165, 1.54) is 46.1 Å². The molecule has 0 bridgehead atoms. The number of nitrogens with zero attached hydrogens (tertiary/aromatic N) is 10. The highest BCUT2D eigenvalue weighted by Gasteiger charge is 2.40. The number of hydrogen-bond acceptors (Lipinski definition) is 18. The molecule has 8 aromatic rings. The van der Waals surface area contributed by atoms with Crippen LogP contribution in [-0.4, -0.2) is 179 Å². The number of imidazole rings is 4. The number of aromatic nitrogens is 10. The van der Waals surface area contributed by atoms with E-state index in [9.17, 15) is 28.8 Å². The zero-order chi connectivity index (χ0) is 74.0. The summed E-state index contributed by atoms with van der Waals surface area (Å²) in [4.78, 5) is 124. The fourth-order valence-corrected chi connectivity index (χ4v) is 15.7. The lowest BCUT2D eigenvalue weighted by Gasteiger charge is -2.32. The highest BCUT2D eigenvalue weighted by molar-refractivity contribution is 5.89. The molecule has 6 fully saturated rings. The van der Waals surface area contributed by atoms with Crippen molar-refractivity contribution in [2.24, 2.45) is 23.7 Å². The number of anilines is 2. The first-order valence-corrected chi connectivity index (χ1v) is 37.7. The Bertz CT molecular complexity index is 4300. The van der Waals surface area contributed by atoms with Crippen molar-refractivity contribution in [2.45, 2.75) is 180 Å². The maximum Gasteiger partial charge on any atom is 0.407 e. The van der Waals surface area contributed by atoms with E-state index in [4.69, 9.17) is 29.8 Å². The predicted octanol–water partition coefficient (Wildman–Crippen LogP) is 11.1. The second kappa shape index (κ2) is 34.0. The summed E-state index contributed by atoms with van der Waals surface area (Å²) >= 11 is 0. The summed E-state index contributed by atoms with van der Waals surface area (Å²) in [5, 5.41) is 23.5. The number of pyridine rings is 2. The van der Waals surface area contributed by atoms with Crippen LogP contribution in [0.4, 0.5) is 16.4 Å². The molecular formula is C78H104N18O9.